The van der Waals surface area contributed by atoms with E-state index in [1.54, 1.807) is 19.2 Å². The molecule has 35 heavy (non-hydrogen) atoms. The Bertz CT molecular complexity index is 1280. The lowest BCUT2D eigenvalue weighted by atomic mass is 9.80. The molecule has 1 N–H and O–H groups in total. The van der Waals surface area contributed by atoms with Gasteiger partial charge < -0.3 is 9.84 Å². The number of ether oxygens (including phenoxy) is 1. The zero-order valence-corrected chi connectivity index (χ0v) is 18.2. The van der Waals surface area contributed by atoms with Crippen LogP contribution in [-0.2, 0) is 18.7 Å². The summed E-state index contributed by atoms with van der Waals surface area (Å²) < 4.78 is 71.8. The van der Waals surface area contributed by atoms with Crippen LogP contribution in [0.15, 0.2) is 61.1 Å². The van der Waals surface area contributed by atoms with Gasteiger partial charge in [-0.1, -0.05) is 25.1 Å². The second kappa shape index (κ2) is 9.41. The van der Waals surface area contributed by atoms with E-state index in [9.17, 15) is 27.1 Å². The molecule has 0 saturated carbocycles. The number of hydrogen-bond donors (Lipinski definition) is 1. The Labute approximate surface area is 195 Å². The van der Waals surface area contributed by atoms with Gasteiger partial charge in [-0.15, -0.1) is 18.3 Å². The minimum atomic E-state index is -4.78. The fourth-order valence-electron chi connectivity index (χ4n) is 3.72. The summed E-state index contributed by atoms with van der Waals surface area (Å²) >= 11 is 0. The predicted octanol–water partition coefficient (Wildman–Crippen LogP) is 3.79. The van der Waals surface area contributed by atoms with Gasteiger partial charge in [-0.25, -0.2) is 13.5 Å². The molecule has 0 amide bonds. The Morgan fingerprint density at radius 2 is 1.77 bits per heavy atom. The normalized spacial score (nSPS) is 14.5. The third-order valence-electron chi connectivity index (χ3n) is 5.51. The number of tetrazole rings is 1. The van der Waals surface area contributed by atoms with Crippen LogP contribution >= 0.6 is 0 Å². The maximum atomic E-state index is 14.7. The summed E-state index contributed by atoms with van der Waals surface area (Å²) in [7, 11) is 0. The molecule has 2 aromatic heterocycles. The van der Waals surface area contributed by atoms with E-state index >= 15 is 0 Å². The zero-order chi connectivity index (χ0) is 25.2. The van der Waals surface area contributed by atoms with Crippen molar-refractivity contribution in [2.45, 2.75) is 37.9 Å². The summed E-state index contributed by atoms with van der Waals surface area (Å²) in [6, 6.07) is 9.82. The van der Waals surface area contributed by atoms with Crippen molar-refractivity contribution in [2.24, 2.45) is 0 Å². The van der Waals surface area contributed by atoms with Gasteiger partial charge in [0.05, 0.1) is 18.8 Å². The van der Waals surface area contributed by atoms with Crippen LogP contribution in [0.1, 0.15) is 29.7 Å². The molecule has 4 aromatic rings. The molecule has 0 saturated heterocycles. The molecule has 2 heterocycles. The molecule has 4 rings (SSSR count). The molecule has 0 spiro atoms. The highest BCUT2D eigenvalue weighted by Crippen LogP contribution is 2.39. The largest absolute Gasteiger partial charge is 0.573 e. The third kappa shape index (κ3) is 5.62. The van der Waals surface area contributed by atoms with Gasteiger partial charge in [-0.3, -0.25) is 4.68 Å². The summed E-state index contributed by atoms with van der Waals surface area (Å²) in [6.45, 7) is 1.61. The highest BCUT2D eigenvalue weighted by Gasteiger charge is 2.41. The first-order chi connectivity index (χ1) is 16.5. The first-order valence-corrected chi connectivity index (χ1v) is 10.3. The van der Waals surface area contributed by atoms with Crippen molar-refractivity contribution in [1.29, 1.82) is 0 Å². The monoisotopic (exact) mass is 494 g/mol. The number of aromatic nitrogens is 6. The lowest BCUT2D eigenvalue weighted by Crippen LogP contribution is -2.38. The first kappa shape index (κ1) is 24.3. The molecule has 184 valence electrons. The van der Waals surface area contributed by atoms with E-state index in [4.69, 9.17) is 0 Å². The molecule has 2 aromatic carbocycles. The average molecular weight is 494 g/mol. The number of halogens is 5. The predicted molar refractivity (Wildman–Crippen MR) is 111 cm³/mol. The van der Waals surface area contributed by atoms with Crippen molar-refractivity contribution in [3.8, 4) is 5.75 Å². The van der Waals surface area contributed by atoms with E-state index in [0.717, 1.165) is 12.1 Å². The first-order valence-electron chi connectivity index (χ1n) is 10.3. The van der Waals surface area contributed by atoms with Gasteiger partial charge >= 0.3 is 6.36 Å². The van der Waals surface area contributed by atoms with Crippen molar-refractivity contribution in [3.63, 3.8) is 0 Å². The lowest BCUT2D eigenvalue weighted by Gasteiger charge is -2.33. The molecule has 0 aliphatic rings. The number of hydrogen-bond acceptors (Lipinski definition) is 6. The van der Waals surface area contributed by atoms with Crippen molar-refractivity contribution in [1.82, 2.24) is 30.0 Å². The minimum Gasteiger partial charge on any atom is -0.406 e. The van der Waals surface area contributed by atoms with Crippen LogP contribution in [0.25, 0.3) is 0 Å². The maximum Gasteiger partial charge on any atom is 0.573 e. The molecular formula is C22H19F5N6O2. The quantitative estimate of drug-likeness (QED) is 0.375. The Kier molecular flexibility index (Phi) is 6.52. The van der Waals surface area contributed by atoms with Crippen molar-refractivity contribution >= 4 is 0 Å². The Balaban J connectivity index is 1.58. The lowest BCUT2D eigenvalue weighted by molar-refractivity contribution is -0.274. The number of nitrogens with zero attached hydrogens (tertiary/aromatic N) is 6. The van der Waals surface area contributed by atoms with Crippen LogP contribution in [0.4, 0.5) is 22.0 Å². The molecule has 0 bridgehead atoms. The Hall–Kier alpha value is -3.87. The van der Waals surface area contributed by atoms with Crippen LogP contribution in [0.2, 0.25) is 0 Å². The smallest absolute Gasteiger partial charge is 0.406 e. The second-order valence-electron chi connectivity index (χ2n) is 7.91. The maximum absolute atomic E-state index is 14.7. The van der Waals surface area contributed by atoms with Crippen LogP contribution in [0.3, 0.4) is 0 Å². The van der Waals surface area contributed by atoms with Gasteiger partial charge in [0, 0.05) is 23.7 Å². The topological polar surface area (TPSA) is 90.9 Å². The summed E-state index contributed by atoms with van der Waals surface area (Å²) in [5.74, 6) is -2.87. The van der Waals surface area contributed by atoms with Crippen molar-refractivity contribution in [2.75, 3.05) is 0 Å². The highest BCUT2D eigenvalue weighted by atomic mass is 19.4. The van der Waals surface area contributed by atoms with Gasteiger partial charge in [-0.05, 0) is 40.3 Å². The molecule has 8 nitrogen and oxygen atoms in total. The average Bonchev–Trinajstić information content (AvgIpc) is 3.45. The molecule has 13 heteroatoms. The van der Waals surface area contributed by atoms with Gasteiger partial charge in [0.2, 0.25) is 0 Å². The number of benzene rings is 2. The summed E-state index contributed by atoms with van der Waals surface area (Å²) in [4.78, 5) is 0. The molecule has 0 radical (unpaired) electrons. The third-order valence-corrected chi connectivity index (χ3v) is 5.51. The van der Waals surface area contributed by atoms with E-state index in [1.165, 1.54) is 40.0 Å². The summed E-state index contributed by atoms with van der Waals surface area (Å²) in [6.07, 6.45) is -1.91. The van der Waals surface area contributed by atoms with Gasteiger partial charge in [0.15, 0.2) is 0 Å². The molecule has 0 unspecified atom stereocenters. The van der Waals surface area contributed by atoms with E-state index in [-0.39, 0.29) is 24.4 Å². The second-order valence-corrected chi connectivity index (χ2v) is 7.91. The van der Waals surface area contributed by atoms with Gasteiger partial charge in [-0.2, -0.15) is 5.10 Å². The van der Waals surface area contributed by atoms with Crippen molar-refractivity contribution < 1.29 is 31.8 Å². The standard InChI is InChI=1S/C22H19F5N6O2/c1-14(21(34,12-33-13-28-30-31-33)18-7-4-16(23)10-19(18)24)20-8-9-32(29-20)11-15-2-5-17(6-3-15)35-22(25,26)27/h2-10,13-14,34H,11-12H2,1H3/t14-,21+/m0/s1. The van der Waals surface area contributed by atoms with E-state index in [0.29, 0.717) is 17.3 Å². The van der Waals surface area contributed by atoms with E-state index in [1.807, 2.05) is 0 Å². The zero-order valence-electron chi connectivity index (χ0n) is 18.2. The van der Waals surface area contributed by atoms with Crippen LogP contribution in [-0.4, -0.2) is 41.5 Å². The molecule has 0 aliphatic carbocycles. The van der Waals surface area contributed by atoms with Crippen LogP contribution < -0.4 is 4.74 Å². The number of aliphatic hydroxyl groups is 1. The minimum absolute atomic E-state index is 0.156. The molecule has 0 fully saturated rings. The molecule has 0 aliphatic heterocycles. The Morgan fingerprint density at radius 1 is 1.03 bits per heavy atom. The van der Waals surface area contributed by atoms with Crippen LogP contribution in [0, 0.1) is 11.6 Å². The van der Waals surface area contributed by atoms with Gasteiger partial charge in [0.1, 0.15) is 29.3 Å². The highest BCUT2D eigenvalue weighted by molar-refractivity contribution is 5.30. The number of alkyl halides is 3. The van der Waals surface area contributed by atoms with Gasteiger partial charge in [0.25, 0.3) is 0 Å². The van der Waals surface area contributed by atoms with E-state index < -0.39 is 29.5 Å². The molecule has 2 atom stereocenters. The SMILES string of the molecule is C[C@@H](c1ccn(Cc2ccc(OC(F)(F)F)cc2)n1)[C@](O)(Cn1cnnn1)c1ccc(F)cc1F. The summed E-state index contributed by atoms with van der Waals surface area (Å²) in [5.41, 5.74) is -1.02. The van der Waals surface area contributed by atoms with E-state index in [2.05, 4.69) is 25.4 Å². The van der Waals surface area contributed by atoms with Crippen LogP contribution in [0.5, 0.6) is 5.75 Å². The molecular weight excluding hydrogens is 475 g/mol. The van der Waals surface area contributed by atoms with Crippen molar-refractivity contribution in [3.05, 3.63) is 89.5 Å². The number of rotatable bonds is 8. The fraction of sp³-hybridized carbons (Fsp3) is 0.273. The fourth-order valence-corrected chi connectivity index (χ4v) is 3.72. The summed E-state index contributed by atoms with van der Waals surface area (Å²) in [5, 5.41) is 26.9. The Morgan fingerprint density at radius 3 is 2.40 bits per heavy atom.